The molecular formula is C16H16N2O4. The Bertz CT molecular complexity index is 712. The highest BCUT2D eigenvalue weighted by Gasteiger charge is 2.14. The Kier molecular flexibility index (Phi) is 4.88. The second-order valence-electron chi connectivity index (χ2n) is 4.55. The molecule has 6 heteroatoms. The first kappa shape index (κ1) is 15.7. The molecule has 0 saturated carbocycles. The Morgan fingerprint density at radius 3 is 1.59 bits per heavy atom. The molecule has 0 spiro atoms. The van der Waals surface area contributed by atoms with E-state index in [0.29, 0.717) is 11.1 Å². The zero-order chi connectivity index (χ0) is 16.1. The van der Waals surface area contributed by atoms with E-state index in [1.54, 1.807) is 28.8 Å². The molecule has 0 radical (unpaired) electrons. The van der Waals surface area contributed by atoms with E-state index in [0.717, 1.165) is 11.0 Å². The summed E-state index contributed by atoms with van der Waals surface area (Å²) in [6, 6.07) is 13.9. The third kappa shape index (κ3) is 3.13. The highest BCUT2D eigenvalue weighted by Crippen LogP contribution is 2.19. The standard InChI is InChI=1S/C14H10N2O2.C2H6O2/c15-13(17)9-1-3-10(4-2-9)14(18)16-11-5-6-12(16)8-7-11;3-1-2-4/h1-8H,(H2,15,17);3-4H,1-2H2. The Balaban J connectivity index is 0.000000396. The smallest absolute Gasteiger partial charge is 0.262 e. The van der Waals surface area contributed by atoms with Gasteiger partial charge in [-0.1, -0.05) is 0 Å². The average Bonchev–Trinajstić information content (AvgIpc) is 3.14. The topological polar surface area (TPSA) is 106 Å². The molecule has 4 N–H and O–H groups in total. The minimum Gasteiger partial charge on any atom is -0.394 e. The number of hydrogen-bond donors (Lipinski definition) is 3. The normalized spacial score (nSPS) is 10.3. The Morgan fingerprint density at radius 1 is 0.818 bits per heavy atom. The first-order valence-corrected chi connectivity index (χ1v) is 6.64. The molecule has 0 aliphatic heterocycles. The van der Waals surface area contributed by atoms with Crippen molar-refractivity contribution < 1.29 is 19.8 Å². The number of primary amides is 1. The molecule has 0 aliphatic carbocycles. The summed E-state index contributed by atoms with van der Waals surface area (Å²) in [6.07, 6.45) is 0. The third-order valence-corrected chi connectivity index (χ3v) is 3.09. The predicted molar refractivity (Wildman–Crippen MR) is 82.0 cm³/mol. The summed E-state index contributed by atoms with van der Waals surface area (Å²) in [6.45, 7) is -0.250. The van der Waals surface area contributed by atoms with E-state index >= 15 is 0 Å². The fraction of sp³-hybridized carbons (Fsp3) is 0.125. The summed E-state index contributed by atoms with van der Waals surface area (Å²) in [5.41, 5.74) is 7.82. The van der Waals surface area contributed by atoms with Gasteiger partial charge in [-0.25, -0.2) is 0 Å². The van der Waals surface area contributed by atoms with E-state index in [-0.39, 0.29) is 19.1 Å². The van der Waals surface area contributed by atoms with Crippen LogP contribution in [-0.4, -0.2) is 39.8 Å². The molecule has 1 aromatic carbocycles. The van der Waals surface area contributed by atoms with Crippen molar-refractivity contribution in [2.75, 3.05) is 13.2 Å². The number of benzene rings is 2. The molecule has 2 bridgehead atoms. The molecule has 0 aliphatic rings. The first-order valence-electron chi connectivity index (χ1n) is 6.64. The fourth-order valence-corrected chi connectivity index (χ4v) is 2.04. The molecule has 1 amide bonds. The maximum atomic E-state index is 12.3. The number of carbonyl (C=O) groups is 2. The van der Waals surface area contributed by atoms with Crippen LogP contribution in [0.5, 0.6) is 0 Å². The molecule has 0 saturated heterocycles. The lowest BCUT2D eigenvalue weighted by molar-refractivity contribution is 0.0965. The minimum absolute atomic E-state index is 0.106. The minimum atomic E-state index is -0.498. The van der Waals surface area contributed by atoms with E-state index in [1.807, 2.05) is 24.3 Å². The van der Waals surface area contributed by atoms with Crippen LogP contribution in [0.3, 0.4) is 0 Å². The highest BCUT2D eigenvalue weighted by molar-refractivity contribution is 6.03. The molecule has 3 rings (SSSR count). The summed E-state index contributed by atoms with van der Waals surface area (Å²) in [5.74, 6) is -0.603. The number of aromatic nitrogens is 1. The van der Waals surface area contributed by atoms with Gasteiger partial charge in [-0.15, -0.1) is 0 Å². The predicted octanol–water partition coefficient (Wildman–Crippen LogP) is 0.838. The van der Waals surface area contributed by atoms with Crippen molar-refractivity contribution in [2.45, 2.75) is 0 Å². The lowest BCUT2D eigenvalue weighted by Gasteiger charge is -2.03. The highest BCUT2D eigenvalue weighted by atomic mass is 16.3. The van der Waals surface area contributed by atoms with Crippen LogP contribution in [0.4, 0.5) is 0 Å². The van der Waals surface area contributed by atoms with Crippen LogP contribution in [0.25, 0.3) is 11.0 Å². The van der Waals surface area contributed by atoms with Gasteiger partial charge in [-0.05, 0) is 48.5 Å². The van der Waals surface area contributed by atoms with Crippen LogP contribution >= 0.6 is 0 Å². The quantitative estimate of drug-likeness (QED) is 0.666. The van der Waals surface area contributed by atoms with Gasteiger partial charge in [-0.3, -0.25) is 14.2 Å². The average molecular weight is 300 g/mol. The van der Waals surface area contributed by atoms with Crippen LogP contribution in [0, 0.1) is 0 Å². The number of carbonyl (C=O) groups excluding carboxylic acids is 2. The van der Waals surface area contributed by atoms with Crippen molar-refractivity contribution in [3.8, 4) is 0 Å². The van der Waals surface area contributed by atoms with Gasteiger partial charge >= 0.3 is 0 Å². The second kappa shape index (κ2) is 6.84. The second-order valence-corrected chi connectivity index (χ2v) is 4.55. The number of aliphatic hydroxyl groups excluding tert-OH is 2. The Hall–Kier alpha value is -2.70. The molecule has 22 heavy (non-hydrogen) atoms. The van der Waals surface area contributed by atoms with Crippen molar-refractivity contribution >= 4 is 22.8 Å². The number of amides is 1. The lowest BCUT2D eigenvalue weighted by Crippen LogP contribution is -2.13. The van der Waals surface area contributed by atoms with E-state index in [1.165, 1.54) is 0 Å². The molecule has 3 aromatic rings. The van der Waals surface area contributed by atoms with Gasteiger partial charge in [0.15, 0.2) is 0 Å². The third-order valence-electron chi connectivity index (χ3n) is 3.09. The molecule has 0 fully saturated rings. The van der Waals surface area contributed by atoms with E-state index in [9.17, 15) is 9.59 Å². The zero-order valence-corrected chi connectivity index (χ0v) is 11.8. The number of hydrogen-bond acceptors (Lipinski definition) is 4. The van der Waals surface area contributed by atoms with Crippen LogP contribution in [-0.2, 0) is 0 Å². The largest absolute Gasteiger partial charge is 0.394 e. The maximum Gasteiger partial charge on any atom is 0.262 e. The monoisotopic (exact) mass is 300 g/mol. The van der Waals surface area contributed by atoms with Crippen molar-refractivity contribution in [1.82, 2.24) is 4.57 Å². The molecule has 0 atom stereocenters. The van der Waals surface area contributed by atoms with Gasteiger partial charge in [0.2, 0.25) is 5.91 Å². The SMILES string of the molecule is NC(=O)c1ccc(C(=O)n2c3ccc2cc3)cc1.OCCO. The zero-order valence-electron chi connectivity index (χ0n) is 11.8. The Labute approximate surface area is 126 Å². The maximum absolute atomic E-state index is 12.3. The van der Waals surface area contributed by atoms with E-state index < -0.39 is 5.91 Å². The Morgan fingerprint density at radius 2 is 1.23 bits per heavy atom. The van der Waals surface area contributed by atoms with Crippen molar-refractivity contribution in [3.05, 3.63) is 59.7 Å². The number of rotatable bonds is 3. The van der Waals surface area contributed by atoms with Crippen molar-refractivity contribution in [2.24, 2.45) is 5.73 Å². The molecule has 2 aromatic heterocycles. The summed E-state index contributed by atoms with van der Waals surface area (Å²) >= 11 is 0. The molecule has 114 valence electrons. The van der Waals surface area contributed by atoms with Crippen LogP contribution in [0.2, 0.25) is 0 Å². The van der Waals surface area contributed by atoms with E-state index in [4.69, 9.17) is 15.9 Å². The number of nitrogens with two attached hydrogens (primary N) is 1. The summed E-state index contributed by atoms with van der Waals surface area (Å²) in [5, 5.41) is 15.2. The fourth-order valence-electron chi connectivity index (χ4n) is 2.04. The molecule has 6 nitrogen and oxygen atoms in total. The summed E-state index contributed by atoms with van der Waals surface area (Å²) < 4.78 is 1.64. The molecular weight excluding hydrogens is 284 g/mol. The summed E-state index contributed by atoms with van der Waals surface area (Å²) in [7, 11) is 0. The molecule has 2 heterocycles. The van der Waals surface area contributed by atoms with Gasteiger partial charge in [0.05, 0.1) is 13.2 Å². The van der Waals surface area contributed by atoms with Crippen LogP contribution < -0.4 is 5.73 Å². The van der Waals surface area contributed by atoms with Gasteiger partial charge in [0.1, 0.15) is 0 Å². The van der Waals surface area contributed by atoms with Gasteiger partial charge in [-0.2, -0.15) is 0 Å². The number of fused-ring (bicyclic) bond motifs is 2. The van der Waals surface area contributed by atoms with Gasteiger partial charge in [0.25, 0.3) is 5.91 Å². The van der Waals surface area contributed by atoms with E-state index in [2.05, 4.69) is 0 Å². The number of nitrogens with zero attached hydrogens (tertiary/aromatic N) is 1. The number of aliphatic hydroxyl groups is 2. The van der Waals surface area contributed by atoms with Crippen LogP contribution in [0.1, 0.15) is 20.7 Å². The first-order chi connectivity index (χ1) is 10.6. The van der Waals surface area contributed by atoms with Crippen molar-refractivity contribution in [3.63, 3.8) is 0 Å². The van der Waals surface area contributed by atoms with Crippen LogP contribution in [0.15, 0.2) is 48.5 Å². The van der Waals surface area contributed by atoms with Gasteiger partial charge in [0, 0.05) is 22.2 Å². The lowest BCUT2D eigenvalue weighted by atomic mass is 10.1. The van der Waals surface area contributed by atoms with Gasteiger partial charge < -0.3 is 15.9 Å². The molecule has 0 unspecified atom stereocenters. The summed E-state index contributed by atoms with van der Waals surface area (Å²) in [4.78, 5) is 23.2. The van der Waals surface area contributed by atoms with Crippen molar-refractivity contribution in [1.29, 1.82) is 0 Å².